The summed E-state index contributed by atoms with van der Waals surface area (Å²) in [5.74, 6) is 0. The van der Waals surface area contributed by atoms with Crippen molar-refractivity contribution in [3.63, 3.8) is 0 Å². The van der Waals surface area contributed by atoms with E-state index in [1.165, 1.54) is 51.4 Å². The molecule has 0 aliphatic rings. The van der Waals surface area contributed by atoms with Crippen molar-refractivity contribution in [3.8, 4) is 0 Å². The predicted molar refractivity (Wildman–Crippen MR) is 71.8 cm³/mol. The van der Waals surface area contributed by atoms with E-state index in [0.29, 0.717) is 0 Å². The standard InChI is InChI=1S/C10H23N.C2H7P/c1-2-3-4-5-6-7-8-9-10-11;1-3-2/h2-11H2,1H3;3H,1-2H3. The van der Waals surface area contributed by atoms with E-state index in [9.17, 15) is 0 Å². The zero-order valence-corrected chi connectivity index (χ0v) is 11.4. The van der Waals surface area contributed by atoms with Gasteiger partial charge in [0.05, 0.1) is 0 Å². The monoisotopic (exact) mass is 219 g/mol. The minimum atomic E-state index is 0.870. The molecule has 0 aliphatic carbocycles. The lowest BCUT2D eigenvalue weighted by Crippen LogP contribution is -1.97. The molecule has 0 saturated carbocycles. The van der Waals surface area contributed by atoms with E-state index in [0.717, 1.165) is 15.1 Å². The molecule has 1 nitrogen and oxygen atoms in total. The second-order valence-corrected chi connectivity index (χ2v) is 4.76. The summed E-state index contributed by atoms with van der Waals surface area (Å²) < 4.78 is 0. The zero-order chi connectivity index (χ0) is 11.1. The van der Waals surface area contributed by atoms with Gasteiger partial charge < -0.3 is 5.73 Å². The maximum Gasteiger partial charge on any atom is -0.00773 e. The van der Waals surface area contributed by atoms with Crippen molar-refractivity contribution < 1.29 is 0 Å². The topological polar surface area (TPSA) is 26.0 Å². The van der Waals surface area contributed by atoms with Crippen molar-refractivity contribution in [3.05, 3.63) is 0 Å². The van der Waals surface area contributed by atoms with E-state index in [-0.39, 0.29) is 0 Å². The molecule has 0 radical (unpaired) electrons. The molecular formula is C12H30NP. The van der Waals surface area contributed by atoms with E-state index in [4.69, 9.17) is 5.73 Å². The van der Waals surface area contributed by atoms with Gasteiger partial charge in [-0.15, -0.1) is 8.58 Å². The highest BCUT2D eigenvalue weighted by Crippen LogP contribution is 2.07. The summed E-state index contributed by atoms with van der Waals surface area (Å²) in [6, 6.07) is 0. The Hall–Kier alpha value is 0.390. The molecule has 2 N–H and O–H groups in total. The number of unbranched alkanes of at least 4 members (excludes halogenated alkanes) is 7. The van der Waals surface area contributed by atoms with Gasteiger partial charge in [-0.25, -0.2) is 0 Å². The number of nitrogens with two attached hydrogens (primary N) is 1. The molecule has 0 aromatic carbocycles. The molecule has 2 heteroatoms. The van der Waals surface area contributed by atoms with Crippen LogP contribution >= 0.6 is 8.58 Å². The van der Waals surface area contributed by atoms with Crippen LogP contribution in [0.3, 0.4) is 0 Å². The average molecular weight is 219 g/mol. The minimum absolute atomic E-state index is 0.870. The molecular weight excluding hydrogens is 189 g/mol. The number of hydrogen-bond acceptors (Lipinski definition) is 1. The minimum Gasteiger partial charge on any atom is -0.330 e. The van der Waals surface area contributed by atoms with Crippen LogP contribution in [0.1, 0.15) is 58.3 Å². The molecule has 0 amide bonds. The Morgan fingerprint density at radius 2 is 1.14 bits per heavy atom. The molecule has 0 unspecified atom stereocenters. The molecule has 0 spiro atoms. The Bertz CT molecular complexity index is 68.7. The van der Waals surface area contributed by atoms with Crippen LogP contribution in [0.4, 0.5) is 0 Å². The van der Waals surface area contributed by atoms with Gasteiger partial charge in [-0.05, 0) is 26.3 Å². The van der Waals surface area contributed by atoms with Crippen molar-refractivity contribution in [2.24, 2.45) is 5.73 Å². The number of hydrogen-bond donors (Lipinski definition) is 1. The predicted octanol–water partition coefficient (Wildman–Crippen LogP) is 4.01. The maximum absolute atomic E-state index is 5.39. The van der Waals surface area contributed by atoms with Crippen molar-refractivity contribution in [2.75, 3.05) is 19.9 Å². The van der Waals surface area contributed by atoms with Crippen LogP contribution in [0, 0.1) is 0 Å². The summed E-state index contributed by atoms with van der Waals surface area (Å²) >= 11 is 0. The van der Waals surface area contributed by atoms with Gasteiger partial charge in [0.25, 0.3) is 0 Å². The molecule has 0 heterocycles. The second-order valence-electron chi connectivity index (χ2n) is 3.76. The third-order valence-corrected chi connectivity index (χ3v) is 2.06. The Kier molecular flexibility index (Phi) is 22.9. The van der Waals surface area contributed by atoms with Crippen molar-refractivity contribution in [1.29, 1.82) is 0 Å². The molecule has 0 saturated heterocycles. The van der Waals surface area contributed by atoms with Crippen LogP contribution in [0.15, 0.2) is 0 Å². The highest BCUT2D eigenvalue weighted by atomic mass is 31.1. The van der Waals surface area contributed by atoms with Crippen LogP contribution in [-0.2, 0) is 0 Å². The maximum atomic E-state index is 5.39. The summed E-state index contributed by atoms with van der Waals surface area (Å²) in [7, 11) is 1.08. The van der Waals surface area contributed by atoms with Crippen LogP contribution in [0.25, 0.3) is 0 Å². The lowest BCUT2D eigenvalue weighted by Gasteiger charge is -1.99. The van der Waals surface area contributed by atoms with Crippen molar-refractivity contribution in [1.82, 2.24) is 0 Å². The van der Waals surface area contributed by atoms with Gasteiger partial charge in [0.15, 0.2) is 0 Å². The third kappa shape index (κ3) is 22.8. The van der Waals surface area contributed by atoms with E-state index >= 15 is 0 Å². The first-order chi connectivity index (χ1) is 6.83. The van der Waals surface area contributed by atoms with Crippen LogP contribution < -0.4 is 5.73 Å². The largest absolute Gasteiger partial charge is 0.330 e. The Morgan fingerprint density at radius 3 is 1.50 bits per heavy atom. The van der Waals surface area contributed by atoms with Crippen LogP contribution in [-0.4, -0.2) is 19.9 Å². The van der Waals surface area contributed by atoms with E-state index in [2.05, 4.69) is 20.3 Å². The first-order valence-corrected chi connectivity index (χ1v) is 8.12. The fourth-order valence-electron chi connectivity index (χ4n) is 1.28. The fourth-order valence-corrected chi connectivity index (χ4v) is 1.28. The Balaban J connectivity index is 0. The average Bonchev–Trinajstić information content (AvgIpc) is 2.18. The number of rotatable bonds is 8. The summed E-state index contributed by atoms with van der Waals surface area (Å²) in [5, 5.41) is 0. The SMILES string of the molecule is CCCCCCCCCCN.CPC. The lowest BCUT2D eigenvalue weighted by molar-refractivity contribution is 0.578. The summed E-state index contributed by atoms with van der Waals surface area (Å²) in [6.45, 7) is 7.43. The Morgan fingerprint density at radius 1 is 0.786 bits per heavy atom. The van der Waals surface area contributed by atoms with Gasteiger partial charge in [-0.3, -0.25) is 0 Å². The molecule has 0 rings (SSSR count). The van der Waals surface area contributed by atoms with Crippen molar-refractivity contribution in [2.45, 2.75) is 58.3 Å². The zero-order valence-electron chi connectivity index (χ0n) is 10.4. The molecule has 0 aromatic heterocycles. The van der Waals surface area contributed by atoms with Gasteiger partial charge in [-0.2, -0.15) is 0 Å². The van der Waals surface area contributed by atoms with Gasteiger partial charge in [0.1, 0.15) is 0 Å². The van der Waals surface area contributed by atoms with Gasteiger partial charge in [-0.1, -0.05) is 51.9 Å². The molecule has 0 aromatic rings. The molecule has 0 bridgehead atoms. The van der Waals surface area contributed by atoms with E-state index in [1.54, 1.807) is 0 Å². The van der Waals surface area contributed by atoms with Gasteiger partial charge in [0, 0.05) is 0 Å². The highest BCUT2D eigenvalue weighted by molar-refractivity contribution is 7.35. The molecule has 14 heavy (non-hydrogen) atoms. The van der Waals surface area contributed by atoms with Crippen molar-refractivity contribution >= 4 is 8.58 Å². The molecule has 0 fully saturated rings. The normalized spacial score (nSPS) is 9.43. The van der Waals surface area contributed by atoms with Crippen LogP contribution in [0.2, 0.25) is 0 Å². The summed E-state index contributed by atoms with van der Waals surface area (Å²) in [5.41, 5.74) is 5.39. The molecule has 88 valence electrons. The lowest BCUT2D eigenvalue weighted by atomic mass is 10.1. The quantitative estimate of drug-likeness (QED) is 0.484. The van der Waals surface area contributed by atoms with Gasteiger partial charge in [0.2, 0.25) is 0 Å². The highest BCUT2D eigenvalue weighted by Gasteiger charge is 1.89. The first-order valence-electron chi connectivity index (χ1n) is 6.12. The fraction of sp³-hybridized carbons (Fsp3) is 1.00. The second kappa shape index (κ2) is 19.0. The first kappa shape index (κ1) is 16.8. The smallest absolute Gasteiger partial charge is 0.00773 e. The third-order valence-electron chi connectivity index (χ3n) is 2.06. The van der Waals surface area contributed by atoms with E-state index in [1.807, 2.05) is 0 Å². The van der Waals surface area contributed by atoms with Gasteiger partial charge >= 0.3 is 0 Å². The van der Waals surface area contributed by atoms with Crippen LogP contribution in [0.5, 0.6) is 0 Å². The molecule has 0 aliphatic heterocycles. The summed E-state index contributed by atoms with van der Waals surface area (Å²) in [6.07, 6.45) is 11.0. The molecule has 0 atom stereocenters. The summed E-state index contributed by atoms with van der Waals surface area (Å²) in [4.78, 5) is 0. The Labute approximate surface area is 93.0 Å². The van der Waals surface area contributed by atoms with E-state index < -0.39 is 0 Å².